The van der Waals surface area contributed by atoms with Gasteiger partial charge in [-0.25, -0.2) is 0 Å². The highest BCUT2D eigenvalue weighted by Gasteiger charge is 2.57. The maximum absolute atomic E-state index is 14.1. The van der Waals surface area contributed by atoms with Crippen molar-refractivity contribution in [2.75, 3.05) is 19.6 Å². The summed E-state index contributed by atoms with van der Waals surface area (Å²) in [6.45, 7) is 0.160. The Balaban J connectivity index is 1.42. The van der Waals surface area contributed by atoms with Crippen LogP contribution in [0.5, 0.6) is 11.5 Å². The number of alkyl halides is 1. The van der Waals surface area contributed by atoms with E-state index in [0.717, 1.165) is 16.0 Å². The van der Waals surface area contributed by atoms with Crippen LogP contribution in [-0.4, -0.2) is 72.9 Å². The molecule has 2 amide bonds. The summed E-state index contributed by atoms with van der Waals surface area (Å²) in [5.74, 6) is -1.69. The van der Waals surface area contributed by atoms with Crippen molar-refractivity contribution in [2.45, 2.75) is 43.9 Å². The molecule has 2 heterocycles. The van der Waals surface area contributed by atoms with Gasteiger partial charge in [-0.05, 0) is 47.5 Å². The Hall–Kier alpha value is -4.16. The lowest BCUT2D eigenvalue weighted by Crippen LogP contribution is -2.68. The third kappa shape index (κ3) is 7.91. The first-order chi connectivity index (χ1) is 24.3. The summed E-state index contributed by atoms with van der Waals surface area (Å²) in [5, 5.41) is 0.196. The number of fused-ring (bicyclic) bond motifs is 1. The number of carbonyl (C=O) groups excluding carboxylic acids is 3. The molecule has 1 fully saturated rings. The fourth-order valence-corrected chi connectivity index (χ4v) is 6.25. The van der Waals surface area contributed by atoms with Crippen molar-refractivity contribution in [3.63, 3.8) is 0 Å². The molecule has 10 nitrogen and oxygen atoms in total. The lowest BCUT2D eigenvalue weighted by molar-refractivity contribution is -0.272. The molecule has 6 rings (SSSR count). The summed E-state index contributed by atoms with van der Waals surface area (Å²) >= 11 is 18.5. The van der Waals surface area contributed by atoms with E-state index < -0.39 is 54.3 Å². The van der Waals surface area contributed by atoms with E-state index in [1.807, 2.05) is 60.7 Å². The summed E-state index contributed by atoms with van der Waals surface area (Å²) < 4.78 is 36.7. The van der Waals surface area contributed by atoms with E-state index in [1.54, 1.807) is 24.3 Å². The van der Waals surface area contributed by atoms with E-state index in [2.05, 4.69) is 0 Å². The average Bonchev–Trinajstić information content (AvgIpc) is 3.36. The van der Waals surface area contributed by atoms with Crippen LogP contribution in [0.2, 0.25) is 10.0 Å². The Morgan fingerprint density at radius 2 is 1.34 bits per heavy atom. The lowest BCUT2D eigenvalue weighted by Gasteiger charge is -2.47. The van der Waals surface area contributed by atoms with Crippen molar-refractivity contribution < 1.29 is 42.8 Å². The largest absolute Gasteiger partial charge is 0.497 e. The number of hydrogen-bond acceptors (Lipinski definition) is 9. The highest BCUT2D eigenvalue weighted by Crippen LogP contribution is 2.38. The first-order valence-electron chi connectivity index (χ1n) is 15.6. The lowest BCUT2D eigenvalue weighted by atomic mass is 9.94. The van der Waals surface area contributed by atoms with Gasteiger partial charge in [-0.15, -0.1) is 11.6 Å². The zero-order valence-corrected chi connectivity index (χ0v) is 29.0. The number of ether oxygens (including phenoxy) is 6. The summed E-state index contributed by atoms with van der Waals surface area (Å²) in [5.41, 5.74) is 1.77. The zero-order chi connectivity index (χ0) is 35.2. The number of hydrogen-bond donors (Lipinski definition) is 0. The van der Waals surface area contributed by atoms with E-state index in [4.69, 9.17) is 63.2 Å². The molecule has 13 heteroatoms. The quantitative estimate of drug-likeness (QED) is 0.0838. The molecule has 1 saturated heterocycles. The zero-order valence-electron chi connectivity index (χ0n) is 26.7. The Bertz CT molecular complexity index is 1770. The van der Waals surface area contributed by atoms with Crippen molar-refractivity contribution >= 4 is 52.6 Å². The minimum atomic E-state index is -1.34. The fraction of sp³-hybridized carbons (Fsp3) is 0.270. The van der Waals surface area contributed by atoms with Crippen LogP contribution < -0.4 is 9.47 Å². The van der Waals surface area contributed by atoms with E-state index in [0.29, 0.717) is 11.5 Å². The molecule has 0 N–H and O–H groups in total. The Morgan fingerprint density at radius 1 is 0.780 bits per heavy atom. The van der Waals surface area contributed by atoms with Crippen LogP contribution in [0.3, 0.4) is 0 Å². The van der Waals surface area contributed by atoms with Gasteiger partial charge in [0, 0.05) is 0 Å². The number of halogens is 3. The van der Waals surface area contributed by atoms with Crippen LogP contribution >= 0.6 is 34.8 Å². The molecule has 2 aliphatic heterocycles. The molecule has 0 unspecified atom stereocenters. The van der Waals surface area contributed by atoms with Gasteiger partial charge in [-0.2, -0.15) is 0 Å². The monoisotopic (exact) mass is 739 g/mol. The number of benzene rings is 4. The number of nitrogens with zero attached hydrogens (tertiary/aromatic N) is 1. The normalized spacial score (nSPS) is 21.5. The van der Waals surface area contributed by atoms with Crippen LogP contribution in [0, 0.1) is 0 Å². The van der Waals surface area contributed by atoms with E-state index in [9.17, 15) is 14.4 Å². The standard InChI is InChI=1S/C37H32Cl3NO9/c1-45-24-12-14-25(15-13-24)48-37-32(41-35(43)26-16-28(39)29(40)17-27(26)36(41)44)34(47-20-23-10-6-3-7-11-23)33(50-31(42)18-38)30(49-37)21-46-19-22-8-4-2-5-9-22/h2-17,30,32-34,37H,18-21H2,1H3/t30-,32-,33-,34-,37-/m1/s1. The molecule has 0 radical (unpaired) electrons. The number of methoxy groups -OCH3 is 1. The maximum Gasteiger partial charge on any atom is 0.321 e. The van der Waals surface area contributed by atoms with Crippen LogP contribution in [0.1, 0.15) is 31.8 Å². The Labute approximate surface area is 303 Å². The van der Waals surface area contributed by atoms with Crippen molar-refractivity contribution in [2.24, 2.45) is 0 Å². The molecule has 0 spiro atoms. The highest BCUT2D eigenvalue weighted by molar-refractivity contribution is 6.43. The van der Waals surface area contributed by atoms with Gasteiger partial charge in [0.25, 0.3) is 11.8 Å². The molecule has 4 aromatic rings. The molecule has 0 bridgehead atoms. The second-order valence-corrected chi connectivity index (χ2v) is 12.6. The predicted molar refractivity (Wildman–Crippen MR) is 185 cm³/mol. The van der Waals surface area contributed by atoms with Gasteiger partial charge in [-0.3, -0.25) is 19.3 Å². The Morgan fingerprint density at radius 3 is 1.90 bits per heavy atom. The summed E-state index contributed by atoms with van der Waals surface area (Å²) in [7, 11) is 1.54. The van der Waals surface area contributed by atoms with Crippen LogP contribution in [0.4, 0.5) is 0 Å². The molecule has 0 aliphatic carbocycles. The van der Waals surface area contributed by atoms with Crippen LogP contribution in [0.25, 0.3) is 0 Å². The predicted octanol–water partition coefficient (Wildman–Crippen LogP) is 6.72. The summed E-state index contributed by atoms with van der Waals surface area (Å²) in [4.78, 5) is 42.1. The van der Waals surface area contributed by atoms with Crippen molar-refractivity contribution in [3.05, 3.63) is 129 Å². The summed E-state index contributed by atoms with van der Waals surface area (Å²) in [6, 6.07) is 26.8. The smallest absolute Gasteiger partial charge is 0.321 e. The molecule has 4 aromatic carbocycles. The number of carbonyl (C=O) groups is 3. The summed E-state index contributed by atoms with van der Waals surface area (Å²) in [6.07, 6.45) is -4.74. The SMILES string of the molecule is COc1ccc(O[C@@H]2O[C@H](COCc3ccccc3)[C@@H](OC(=O)CCl)[C@H](OCc3ccccc3)[C@H]2N2C(=O)c3cc(Cl)c(Cl)cc3C2=O)cc1. The second-order valence-electron chi connectivity index (χ2n) is 11.5. The highest BCUT2D eigenvalue weighted by atomic mass is 35.5. The molecular formula is C37H32Cl3NO9. The van der Waals surface area contributed by atoms with Crippen LogP contribution in [-0.2, 0) is 37.0 Å². The van der Waals surface area contributed by atoms with E-state index >= 15 is 0 Å². The first kappa shape index (κ1) is 35.7. The third-order valence-electron chi connectivity index (χ3n) is 8.24. The van der Waals surface area contributed by atoms with E-state index in [-0.39, 0.29) is 41.0 Å². The van der Waals surface area contributed by atoms with Gasteiger partial charge < -0.3 is 28.4 Å². The first-order valence-corrected chi connectivity index (χ1v) is 16.9. The molecule has 0 saturated carbocycles. The number of rotatable bonds is 13. The molecular weight excluding hydrogens is 709 g/mol. The molecule has 0 aromatic heterocycles. The minimum absolute atomic E-state index is 0.0185. The Kier molecular flexibility index (Phi) is 11.6. The molecule has 5 atom stereocenters. The maximum atomic E-state index is 14.1. The second kappa shape index (κ2) is 16.2. The average molecular weight is 741 g/mol. The van der Waals surface area contributed by atoms with Crippen molar-refractivity contribution in [3.8, 4) is 11.5 Å². The van der Waals surface area contributed by atoms with Crippen LogP contribution in [0.15, 0.2) is 97.1 Å². The third-order valence-corrected chi connectivity index (χ3v) is 9.18. The minimum Gasteiger partial charge on any atom is -0.497 e. The molecule has 50 heavy (non-hydrogen) atoms. The van der Waals surface area contributed by atoms with Crippen molar-refractivity contribution in [1.29, 1.82) is 0 Å². The van der Waals surface area contributed by atoms with Gasteiger partial charge in [-0.1, -0.05) is 83.9 Å². The number of amides is 2. The fourth-order valence-electron chi connectivity index (χ4n) is 5.86. The number of esters is 1. The molecule has 260 valence electrons. The molecule has 2 aliphatic rings. The van der Waals surface area contributed by atoms with Gasteiger partial charge in [0.15, 0.2) is 6.10 Å². The van der Waals surface area contributed by atoms with Gasteiger partial charge in [0.1, 0.15) is 35.6 Å². The van der Waals surface area contributed by atoms with Gasteiger partial charge >= 0.3 is 5.97 Å². The van der Waals surface area contributed by atoms with Crippen molar-refractivity contribution in [1.82, 2.24) is 4.90 Å². The van der Waals surface area contributed by atoms with Gasteiger partial charge in [0.05, 0.1) is 48.1 Å². The van der Waals surface area contributed by atoms with Gasteiger partial charge in [0.2, 0.25) is 6.29 Å². The number of imide groups is 1. The van der Waals surface area contributed by atoms with E-state index in [1.165, 1.54) is 19.2 Å². The topological polar surface area (TPSA) is 110 Å².